The number of carbonyl (C=O) groups excluding carboxylic acids is 1. The van der Waals surface area contributed by atoms with E-state index in [1.807, 2.05) is 38.9 Å². The van der Waals surface area contributed by atoms with E-state index in [4.69, 9.17) is 9.62 Å². The molecule has 0 radical (unpaired) electrons. The number of hydrogen-bond donors (Lipinski definition) is 0. The van der Waals surface area contributed by atoms with Crippen LogP contribution in [0.2, 0.25) is 0 Å². The van der Waals surface area contributed by atoms with Crippen LogP contribution in [0.25, 0.3) is 11.3 Å². The topological polar surface area (TPSA) is 89.9 Å². The molecule has 0 saturated carbocycles. The van der Waals surface area contributed by atoms with Crippen molar-refractivity contribution in [2.75, 3.05) is 6.54 Å². The van der Waals surface area contributed by atoms with Gasteiger partial charge in [0.05, 0.1) is 28.7 Å². The lowest BCUT2D eigenvalue weighted by Gasteiger charge is -2.35. The Balaban J connectivity index is 1.76. The second-order valence-electron chi connectivity index (χ2n) is 7.02. The number of aromatic nitrogens is 5. The van der Waals surface area contributed by atoms with E-state index in [2.05, 4.69) is 14.7 Å². The summed E-state index contributed by atoms with van der Waals surface area (Å²) < 4.78 is 11.3. The van der Waals surface area contributed by atoms with Crippen molar-refractivity contribution in [3.05, 3.63) is 33.7 Å². The Morgan fingerprint density at radius 1 is 1.26 bits per heavy atom. The summed E-state index contributed by atoms with van der Waals surface area (Å²) in [7, 11) is 1.89. The Bertz CT molecular complexity index is 988. The van der Waals surface area contributed by atoms with Gasteiger partial charge in [-0.15, -0.1) is 5.10 Å². The summed E-state index contributed by atoms with van der Waals surface area (Å²) in [5.41, 5.74) is 4.31. The zero-order valence-corrected chi connectivity index (χ0v) is 16.7. The molecule has 0 bridgehead atoms. The summed E-state index contributed by atoms with van der Waals surface area (Å²) in [6, 6.07) is -0.103. The molecular weight excluding hydrogens is 364 g/mol. The summed E-state index contributed by atoms with van der Waals surface area (Å²) in [5.74, 6) is 0.707. The third-order valence-electron chi connectivity index (χ3n) is 5.18. The highest BCUT2D eigenvalue weighted by molar-refractivity contribution is 7.07. The standard InChI is InChI=1S/C18H22N6O2S/c1-10-11(2)21-26-16(10)13-9-23(4)20-15(13)14-7-5-6-8-24(14)18(25)17-12(3)19-22-27-17/h9,14H,5-8H2,1-4H3. The van der Waals surface area contributed by atoms with Crippen molar-refractivity contribution in [2.24, 2.45) is 7.05 Å². The van der Waals surface area contributed by atoms with Gasteiger partial charge in [-0.3, -0.25) is 9.48 Å². The molecule has 1 amide bonds. The van der Waals surface area contributed by atoms with E-state index in [-0.39, 0.29) is 11.9 Å². The minimum atomic E-state index is -0.103. The van der Waals surface area contributed by atoms with E-state index in [1.54, 1.807) is 4.68 Å². The molecule has 1 aliphatic rings. The van der Waals surface area contributed by atoms with Gasteiger partial charge in [0.2, 0.25) is 0 Å². The highest BCUT2D eigenvalue weighted by Gasteiger charge is 2.35. The molecule has 0 N–H and O–H groups in total. The number of nitrogens with zero attached hydrogens (tertiary/aromatic N) is 6. The summed E-state index contributed by atoms with van der Waals surface area (Å²) in [6.45, 7) is 6.44. The van der Waals surface area contributed by atoms with Gasteiger partial charge in [0.1, 0.15) is 4.88 Å². The molecule has 1 saturated heterocycles. The van der Waals surface area contributed by atoms with Gasteiger partial charge in [-0.1, -0.05) is 9.64 Å². The fourth-order valence-electron chi connectivity index (χ4n) is 3.61. The van der Waals surface area contributed by atoms with Crippen LogP contribution < -0.4 is 0 Å². The zero-order chi connectivity index (χ0) is 19.1. The zero-order valence-electron chi connectivity index (χ0n) is 15.9. The number of hydrogen-bond acceptors (Lipinski definition) is 7. The fraction of sp³-hybridized carbons (Fsp3) is 0.500. The van der Waals surface area contributed by atoms with Gasteiger partial charge in [0.25, 0.3) is 5.91 Å². The molecule has 4 heterocycles. The quantitative estimate of drug-likeness (QED) is 0.686. The number of rotatable bonds is 3. The van der Waals surface area contributed by atoms with Crippen LogP contribution in [0.1, 0.15) is 57.6 Å². The molecule has 27 heavy (non-hydrogen) atoms. The van der Waals surface area contributed by atoms with E-state index in [0.29, 0.717) is 17.1 Å². The van der Waals surface area contributed by atoms with Crippen molar-refractivity contribution in [3.63, 3.8) is 0 Å². The van der Waals surface area contributed by atoms with E-state index in [9.17, 15) is 4.79 Å². The molecule has 142 valence electrons. The lowest BCUT2D eigenvalue weighted by atomic mass is 9.95. The molecule has 0 aromatic carbocycles. The first-order chi connectivity index (χ1) is 13.0. The van der Waals surface area contributed by atoms with Gasteiger partial charge in [0, 0.05) is 25.4 Å². The average molecular weight is 386 g/mol. The number of amides is 1. The van der Waals surface area contributed by atoms with Crippen LogP contribution in [0, 0.1) is 20.8 Å². The van der Waals surface area contributed by atoms with Crippen LogP contribution in [0.15, 0.2) is 10.7 Å². The molecule has 1 aliphatic heterocycles. The van der Waals surface area contributed by atoms with Gasteiger partial charge in [-0.25, -0.2) is 0 Å². The normalized spacial score (nSPS) is 17.5. The first-order valence-corrected chi connectivity index (χ1v) is 9.81. The first-order valence-electron chi connectivity index (χ1n) is 9.04. The number of aryl methyl sites for hydroxylation is 3. The number of likely N-dealkylation sites (tertiary alicyclic amines) is 1. The van der Waals surface area contributed by atoms with Gasteiger partial charge in [-0.05, 0) is 51.6 Å². The molecule has 0 spiro atoms. The van der Waals surface area contributed by atoms with Crippen LogP contribution >= 0.6 is 11.5 Å². The molecule has 3 aromatic heterocycles. The maximum absolute atomic E-state index is 13.2. The van der Waals surface area contributed by atoms with Crippen molar-refractivity contribution in [3.8, 4) is 11.3 Å². The van der Waals surface area contributed by atoms with Gasteiger partial charge in [-0.2, -0.15) is 5.10 Å². The Kier molecular flexibility index (Phi) is 4.55. The molecule has 4 rings (SSSR count). The predicted octanol–water partition coefficient (Wildman–Crippen LogP) is 3.22. The Morgan fingerprint density at radius 3 is 2.74 bits per heavy atom. The van der Waals surface area contributed by atoms with Crippen molar-refractivity contribution >= 4 is 17.4 Å². The average Bonchev–Trinajstić information content (AvgIpc) is 3.34. The van der Waals surface area contributed by atoms with Crippen molar-refractivity contribution < 1.29 is 9.32 Å². The van der Waals surface area contributed by atoms with Gasteiger partial charge in [0.15, 0.2) is 5.76 Å². The molecule has 9 heteroatoms. The van der Waals surface area contributed by atoms with Crippen LogP contribution in [-0.2, 0) is 7.05 Å². The van der Waals surface area contributed by atoms with E-state index in [0.717, 1.165) is 59.1 Å². The molecule has 0 aliphatic carbocycles. The summed E-state index contributed by atoms with van der Waals surface area (Å²) in [5, 5.41) is 12.8. The monoisotopic (exact) mass is 386 g/mol. The van der Waals surface area contributed by atoms with E-state index < -0.39 is 0 Å². The highest BCUT2D eigenvalue weighted by atomic mass is 32.1. The summed E-state index contributed by atoms with van der Waals surface area (Å²) in [6.07, 6.45) is 4.85. The SMILES string of the molecule is Cc1nnsc1C(=O)N1CCCCC1c1nn(C)cc1-c1onc(C)c1C. The van der Waals surface area contributed by atoms with Crippen LogP contribution in [0.4, 0.5) is 0 Å². The van der Waals surface area contributed by atoms with Crippen molar-refractivity contribution in [1.82, 2.24) is 29.4 Å². The fourth-order valence-corrected chi connectivity index (χ4v) is 4.22. The van der Waals surface area contributed by atoms with E-state index >= 15 is 0 Å². The number of carbonyl (C=O) groups is 1. The van der Waals surface area contributed by atoms with Crippen LogP contribution in [0.3, 0.4) is 0 Å². The van der Waals surface area contributed by atoms with Crippen LogP contribution in [-0.4, -0.2) is 41.9 Å². The van der Waals surface area contributed by atoms with Gasteiger partial charge < -0.3 is 9.42 Å². The lowest BCUT2D eigenvalue weighted by Crippen LogP contribution is -2.38. The molecule has 1 atom stereocenters. The molecule has 1 fully saturated rings. The predicted molar refractivity (Wildman–Crippen MR) is 100 cm³/mol. The largest absolute Gasteiger partial charge is 0.356 e. The third kappa shape index (κ3) is 3.05. The maximum Gasteiger partial charge on any atom is 0.268 e. The molecule has 1 unspecified atom stereocenters. The summed E-state index contributed by atoms with van der Waals surface area (Å²) in [4.78, 5) is 15.7. The lowest BCUT2D eigenvalue weighted by molar-refractivity contribution is 0.0610. The Morgan fingerprint density at radius 2 is 2.07 bits per heavy atom. The van der Waals surface area contributed by atoms with Gasteiger partial charge >= 0.3 is 0 Å². The Hall–Kier alpha value is -2.55. The van der Waals surface area contributed by atoms with E-state index in [1.165, 1.54) is 0 Å². The minimum absolute atomic E-state index is 0.0192. The van der Waals surface area contributed by atoms with Crippen LogP contribution in [0.5, 0.6) is 0 Å². The molecular formula is C18H22N6O2S. The minimum Gasteiger partial charge on any atom is -0.356 e. The number of piperidine rings is 1. The smallest absolute Gasteiger partial charge is 0.268 e. The maximum atomic E-state index is 13.2. The first kappa shape index (κ1) is 17.8. The third-order valence-corrected chi connectivity index (χ3v) is 6.00. The highest BCUT2D eigenvalue weighted by Crippen LogP contribution is 2.38. The van der Waals surface area contributed by atoms with Crippen molar-refractivity contribution in [1.29, 1.82) is 0 Å². The second kappa shape index (κ2) is 6.88. The molecule has 3 aromatic rings. The second-order valence-corrected chi connectivity index (χ2v) is 7.78. The van der Waals surface area contributed by atoms with Crippen molar-refractivity contribution in [2.45, 2.75) is 46.1 Å². The molecule has 8 nitrogen and oxygen atoms in total. The Labute approximate surface area is 161 Å². The summed E-state index contributed by atoms with van der Waals surface area (Å²) >= 11 is 1.15.